The molecular weight excluding hydrogens is 439 g/mol. The highest BCUT2D eigenvalue weighted by Gasteiger charge is 2.25. The van der Waals surface area contributed by atoms with Crippen LogP contribution in [0.3, 0.4) is 0 Å². The summed E-state index contributed by atoms with van der Waals surface area (Å²) in [6.45, 7) is 8.77. The van der Waals surface area contributed by atoms with Gasteiger partial charge in [-0.3, -0.25) is 4.99 Å². The van der Waals surface area contributed by atoms with Crippen LogP contribution in [-0.4, -0.2) is 45.8 Å². The summed E-state index contributed by atoms with van der Waals surface area (Å²) in [5.74, 6) is 2.33. The van der Waals surface area contributed by atoms with E-state index in [2.05, 4.69) is 34.2 Å². The van der Waals surface area contributed by atoms with Gasteiger partial charge in [-0.05, 0) is 51.4 Å². The van der Waals surface area contributed by atoms with Crippen molar-refractivity contribution in [2.45, 2.75) is 65.0 Å². The lowest BCUT2D eigenvalue weighted by Gasteiger charge is -2.33. The van der Waals surface area contributed by atoms with Crippen molar-refractivity contribution in [2.24, 2.45) is 16.8 Å². The van der Waals surface area contributed by atoms with Crippen molar-refractivity contribution in [1.82, 2.24) is 15.4 Å². The highest BCUT2D eigenvalue weighted by molar-refractivity contribution is 14.0. The van der Waals surface area contributed by atoms with Crippen molar-refractivity contribution in [3.8, 4) is 0 Å². The maximum atomic E-state index is 11.4. The minimum absolute atomic E-state index is 0. The molecule has 3 N–H and O–H groups in total. The van der Waals surface area contributed by atoms with Gasteiger partial charge in [0.2, 0.25) is 10.0 Å². The standard InChI is InChI=1S/C16H34N4O2S.HI/c1-12(2)13-7-9-14(10-8-13)19-15(17-5)18-11-16(3,4)20-23(6,21)22;/h12-14,20H,7-11H2,1-6H3,(H2,17,18,19);1H. The van der Waals surface area contributed by atoms with Crippen LogP contribution in [0, 0.1) is 11.8 Å². The van der Waals surface area contributed by atoms with Crippen LogP contribution in [0.2, 0.25) is 0 Å². The van der Waals surface area contributed by atoms with E-state index in [1.807, 2.05) is 13.8 Å². The van der Waals surface area contributed by atoms with Gasteiger partial charge in [-0.2, -0.15) is 0 Å². The predicted octanol–water partition coefficient (Wildman–Crippen LogP) is 2.31. The number of nitrogens with one attached hydrogen (secondary N) is 3. The summed E-state index contributed by atoms with van der Waals surface area (Å²) in [4.78, 5) is 4.25. The maximum absolute atomic E-state index is 11.4. The molecule has 0 unspecified atom stereocenters. The molecule has 0 bridgehead atoms. The van der Waals surface area contributed by atoms with Crippen LogP contribution in [0.4, 0.5) is 0 Å². The molecule has 1 fully saturated rings. The summed E-state index contributed by atoms with van der Waals surface area (Å²) in [7, 11) is -1.49. The topological polar surface area (TPSA) is 82.6 Å². The zero-order valence-electron chi connectivity index (χ0n) is 15.8. The van der Waals surface area contributed by atoms with Crippen LogP contribution in [0.1, 0.15) is 53.4 Å². The highest BCUT2D eigenvalue weighted by Crippen LogP contribution is 2.29. The van der Waals surface area contributed by atoms with E-state index < -0.39 is 15.6 Å². The summed E-state index contributed by atoms with van der Waals surface area (Å²) in [5.41, 5.74) is -0.569. The fourth-order valence-electron chi connectivity index (χ4n) is 3.16. The molecular formula is C16H35IN4O2S. The second-order valence-electron chi connectivity index (χ2n) is 7.68. The summed E-state index contributed by atoms with van der Waals surface area (Å²) in [6.07, 6.45) is 6.01. The van der Waals surface area contributed by atoms with E-state index in [-0.39, 0.29) is 24.0 Å². The number of rotatable bonds is 6. The molecule has 0 radical (unpaired) electrons. The van der Waals surface area contributed by atoms with Crippen LogP contribution >= 0.6 is 24.0 Å². The third kappa shape index (κ3) is 9.41. The van der Waals surface area contributed by atoms with Crippen LogP contribution in [0.25, 0.3) is 0 Å². The first-order valence-electron chi connectivity index (χ1n) is 8.48. The number of aliphatic imine (C=N–C) groups is 1. The monoisotopic (exact) mass is 474 g/mol. The van der Waals surface area contributed by atoms with Crippen LogP contribution in [0.15, 0.2) is 4.99 Å². The maximum Gasteiger partial charge on any atom is 0.209 e. The Morgan fingerprint density at radius 1 is 1.21 bits per heavy atom. The van der Waals surface area contributed by atoms with Crippen molar-refractivity contribution in [1.29, 1.82) is 0 Å². The number of hydrogen-bond donors (Lipinski definition) is 3. The number of halogens is 1. The molecule has 1 aliphatic rings. The lowest BCUT2D eigenvalue weighted by molar-refractivity contribution is 0.250. The zero-order valence-corrected chi connectivity index (χ0v) is 19.0. The van der Waals surface area contributed by atoms with Crippen LogP contribution < -0.4 is 15.4 Å². The minimum atomic E-state index is -3.23. The van der Waals surface area contributed by atoms with Gasteiger partial charge in [0.05, 0.1) is 6.26 Å². The predicted molar refractivity (Wildman–Crippen MR) is 113 cm³/mol. The number of guanidine groups is 1. The lowest BCUT2D eigenvalue weighted by atomic mass is 9.80. The summed E-state index contributed by atoms with van der Waals surface area (Å²) in [6, 6.07) is 0.446. The first-order valence-corrected chi connectivity index (χ1v) is 10.4. The van der Waals surface area contributed by atoms with Gasteiger partial charge in [-0.1, -0.05) is 13.8 Å². The molecule has 0 amide bonds. The SMILES string of the molecule is CN=C(NCC(C)(C)NS(C)(=O)=O)NC1CCC(C(C)C)CC1.I. The molecule has 0 aromatic heterocycles. The van der Waals surface area contributed by atoms with Gasteiger partial charge in [-0.25, -0.2) is 13.1 Å². The van der Waals surface area contributed by atoms with Gasteiger partial charge >= 0.3 is 0 Å². The molecule has 0 heterocycles. The number of hydrogen-bond acceptors (Lipinski definition) is 3. The van der Waals surface area contributed by atoms with E-state index in [0.717, 1.165) is 30.6 Å². The molecule has 6 nitrogen and oxygen atoms in total. The fraction of sp³-hybridized carbons (Fsp3) is 0.938. The molecule has 0 spiro atoms. The van der Waals surface area contributed by atoms with E-state index in [1.54, 1.807) is 7.05 Å². The zero-order chi connectivity index (χ0) is 17.7. The molecule has 0 aromatic rings. The van der Waals surface area contributed by atoms with Gasteiger partial charge in [0.25, 0.3) is 0 Å². The third-order valence-electron chi connectivity index (χ3n) is 4.44. The van der Waals surface area contributed by atoms with Crippen LogP contribution in [0.5, 0.6) is 0 Å². The van der Waals surface area contributed by atoms with Crippen molar-refractivity contribution in [3.05, 3.63) is 0 Å². The van der Waals surface area contributed by atoms with E-state index in [1.165, 1.54) is 19.1 Å². The molecule has 1 rings (SSSR count). The van der Waals surface area contributed by atoms with Crippen molar-refractivity contribution < 1.29 is 8.42 Å². The van der Waals surface area contributed by atoms with E-state index in [4.69, 9.17) is 0 Å². The normalized spacial score (nSPS) is 22.9. The molecule has 8 heteroatoms. The van der Waals surface area contributed by atoms with Crippen molar-refractivity contribution in [2.75, 3.05) is 19.8 Å². The lowest BCUT2D eigenvalue weighted by Crippen LogP contribution is -2.54. The summed E-state index contributed by atoms with van der Waals surface area (Å²) in [5, 5.41) is 6.69. The van der Waals surface area contributed by atoms with E-state index in [0.29, 0.717) is 12.6 Å². The Labute approximate surface area is 165 Å². The Morgan fingerprint density at radius 2 is 1.75 bits per heavy atom. The molecule has 1 saturated carbocycles. The molecule has 24 heavy (non-hydrogen) atoms. The largest absolute Gasteiger partial charge is 0.355 e. The Morgan fingerprint density at radius 3 is 2.17 bits per heavy atom. The first kappa shape index (κ1) is 23.9. The molecule has 1 aliphatic carbocycles. The highest BCUT2D eigenvalue weighted by atomic mass is 127. The molecule has 144 valence electrons. The van der Waals surface area contributed by atoms with Gasteiger partial charge in [0.1, 0.15) is 0 Å². The molecule has 0 saturated heterocycles. The summed E-state index contributed by atoms with van der Waals surface area (Å²) < 4.78 is 25.4. The average molecular weight is 474 g/mol. The quantitative estimate of drug-likeness (QED) is 0.314. The Kier molecular flexibility index (Phi) is 10.1. The second kappa shape index (κ2) is 10.2. The first-order chi connectivity index (χ1) is 10.5. The van der Waals surface area contributed by atoms with Gasteiger partial charge in [0.15, 0.2) is 5.96 Å². The summed E-state index contributed by atoms with van der Waals surface area (Å²) >= 11 is 0. The molecule has 0 aromatic carbocycles. The van der Waals surface area contributed by atoms with Crippen molar-refractivity contribution in [3.63, 3.8) is 0 Å². The van der Waals surface area contributed by atoms with Crippen molar-refractivity contribution >= 4 is 40.0 Å². The van der Waals surface area contributed by atoms with E-state index >= 15 is 0 Å². The average Bonchev–Trinajstić information content (AvgIpc) is 2.41. The molecule has 0 aliphatic heterocycles. The Bertz CT molecular complexity index is 498. The number of sulfonamides is 1. The van der Waals surface area contributed by atoms with Crippen LogP contribution in [-0.2, 0) is 10.0 Å². The molecule has 0 atom stereocenters. The third-order valence-corrected chi connectivity index (χ3v) is 5.36. The smallest absolute Gasteiger partial charge is 0.209 e. The Balaban J connectivity index is 0.00000529. The fourth-order valence-corrected chi connectivity index (χ4v) is 4.24. The van der Waals surface area contributed by atoms with Gasteiger partial charge in [-0.15, -0.1) is 24.0 Å². The Hall–Kier alpha value is -0.0900. The van der Waals surface area contributed by atoms with Gasteiger partial charge < -0.3 is 10.6 Å². The number of nitrogens with zero attached hydrogens (tertiary/aromatic N) is 1. The van der Waals surface area contributed by atoms with Gasteiger partial charge in [0, 0.05) is 25.2 Å². The second-order valence-corrected chi connectivity index (χ2v) is 9.43. The van der Waals surface area contributed by atoms with E-state index in [9.17, 15) is 8.42 Å². The minimum Gasteiger partial charge on any atom is -0.355 e.